The third kappa shape index (κ3) is 4.33. The van der Waals surface area contributed by atoms with E-state index in [1.165, 1.54) is 0 Å². The van der Waals surface area contributed by atoms with Crippen molar-refractivity contribution in [2.45, 2.75) is 33.6 Å². The average molecular weight is 340 g/mol. The van der Waals surface area contributed by atoms with Crippen LogP contribution in [0.2, 0.25) is 0 Å². The molecule has 2 atom stereocenters. The smallest absolute Gasteiger partial charge is 0.227 e. The molecule has 1 aromatic carbocycles. The number of carbonyl (C=O) groups is 3. The second-order valence-corrected chi connectivity index (χ2v) is 7.54. The fourth-order valence-corrected chi connectivity index (χ4v) is 3.12. The minimum Gasteiger partial charge on any atom is -0.342 e. The highest BCUT2D eigenvalue weighted by Crippen LogP contribution is 2.26. The van der Waals surface area contributed by atoms with Gasteiger partial charge in [-0.25, -0.2) is 0 Å². The Bertz CT molecular complexity index is 698. The highest BCUT2D eigenvalue weighted by atomic mass is 16.2. The quantitative estimate of drug-likeness (QED) is 0.624. The summed E-state index contributed by atoms with van der Waals surface area (Å²) in [7, 11) is 0. The minimum atomic E-state index is -1.31. The number of hydrogen-bond acceptors (Lipinski definition) is 4. The van der Waals surface area contributed by atoms with Crippen LogP contribution in [0.4, 0.5) is 0 Å². The molecular formula is C20H24N2O3. The monoisotopic (exact) mass is 340 g/mol. The van der Waals surface area contributed by atoms with Gasteiger partial charge >= 0.3 is 0 Å². The van der Waals surface area contributed by atoms with Crippen molar-refractivity contribution in [3.8, 4) is 6.07 Å². The Morgan fingerprint density at radius 1 is 1.20 bits per heavy atom. The highest BCUT2D eigenvalue weighted by Gasteiger charge is 2.38. The first-order valence-electron chi connectivity index (χ1n) is 8.57. The van der Waals surface area contributed by atoms with Gasteiger partial charge in [-0.05, 0) is 12.8 Å². The molecule has 1 fully saturated rings. The summed E-state index contributed by atoms with van der Waals surface area (Å²) in [5, 5.41) is 9.39. The fourth-order valence-electron chi connectivity index (χ4n) is 3.12. The SMILES string of the molecule is CC(C)(C)C(=O)N1CCC[C@@H](C(=O)[C@H](C#N)C(=O)c2ccccc2)C1. The fraction of sp³-hybridized carbons (Fsp3) is 0.500. The summed E-state index contributed by atoms with van der Waals surface area (Å²) in [4.78, 5) is 39.4. The number of rotatable bonds is 4. The Kier molecular flexibility index (Phi) is 5.73. The van der Waals surface area contributed by atoms with E-state index in [0.29, 0.717) is 24.9 Å². The second kappa shape index (κ2) is 7.60. The van der Waals surface area contributed by atoms with Crippen LogP contribution in [0, 0.1) is 28.6 Å². The van der Waals surface area contributed by atoms with Crippen molar-refractivity contribution < 1.29 is 14.4 Å². The van der Waals surface area contributed by atoms with E-state index in [0.717, 1.165) is 0 Å². The molecule has 1 aliphatic heterocycles. The van der Waals surface area contributed by atoms with Gasteiger partial charge in [-0.15, -0.1) is 0 Å². The first kappa shape index (κ1) is 18.9. The van der Waals surface area contributed by atoms with Gasteiger partial charge in [0, 0.05) is 30.0 Å². The van der Waals surface area contributed by atoms with Crippen molar-refractivity contribution in [2.24, 2.45) is 17.3 Å². The molecular weight excluding hydrogens is 316 g/mol. The third-order valence-corrected chi connectivity index (χ3v) is 4.49. The Morgan fingerprint density at radius 3 is 2.40 bits per heavy atom. The lowest BCUT2D eigenvalue weighted by molar-refractivity contribution is -0.142. The first-order valence-corrected chi connectivity index (χ1v) is 8.57. The molecule has 0 saturated carbocycles. The van der Waals surface area contributed by atoms with E-state index >= 15 is 0 Å². The number of hydrogen-bond donors (Lipinski definition) is 0. The van der Waals surface area contributed by atoms with E-state index < -0.39 is 23.0 Å². The largest absolute Gasteiger partial charge is 0.342 e. The molecule has 0 aromatic heterocycles. The average Bonchev–Trinajstić information content (AvgIpc) is 2.61. The van der Waals surface area contributed by atoms with Gasteiger partial charge in [-0.1, -0.05) is 51.1 Å². The molecule has 1 amide bonds. The number of piperidine rings is 1. The van der Waals surface area contributed by atoms with Crippen molar-refractivity contribution in [1.29, 1.82) is 5.26 Å². The molecule has 0 unspecified atom stereocenters. The lowest BCUT2D eigenvalue weighted by Gasteiger charge is -2.36. The van der Waals surface area contributed by atoms with Gasteiger partial charge in [0.25, 0.3) is 0 Å². The van der Waals surface area contributed by atoms with Crippen LogP contribution in [0.3, 0.4) is 0 Å². The minimum absolute atomic E-state index is 0.00658. The van der Waals surface area contributed by atoms with Crippen LogP contribution in [0.1, 0.15) is 44.0 Å². The molecule has 5 heteroatoms. The molecule has 2 rings (SSSR count). The second-order valence-electron chi connectivity index (χ2n) is 7.54. The Morgan fingerprint density at radius 2 is 1.84 bits per heavy atom. The molecule has 1 aliphatic rings. The number of nitrogens with zero attached hydrogens (tertiary/aromatic N) is 2. The maximum absolute atomic E-state index is 12.8. The van der Waals surface area contributed by atoms with Crippen molar-refractivity contribution in [1.82, 2.24) is 4.90 Å². The Balaban J connectivity index is 2.14. The molecule has 1 heterocycles. The van der Waals surface area contributed by atoms with Gasteiger partial charge in [-0.2, -0.15) is 5.26 Å². The first-order chi connectivity index (χ1) is 11.8. The van der Waals surface area contributed by atoms with Crippen LogP contribution in [0.5, 0.6) is 0 Å². The van der Waals surface area contributed by atoms with Crippen molar-refractivity contribution in [3.63, 3.8) is 0 Å². The topological polar surface area (TPSA) is 78.2 Å². The van der Waals surface area contributed by atoms with E-state index in [2.05, 4.69) is 0 Å². The number of carbonyl (C=O) groups excluding carboxylic acids is 3. The summed E-state index contributed by atoms with van der Waals surface area (Å²) >= 11 is 0. The van der Waals surface area contributed by atoms with E-state index in [4.69, 9.17) is 0 Å². The van der Waals surface area contributed by atoms with E-state index in [-0.39, 0.29) is 18.2 Å². The lowest BCUT2D eigenvalue weighted by atomic mass is 9.83. The molecule has 0 aliphatic carbocycles. The number of nitriles is 1. The molecule has 0 radical (unpaired) electrons. The van der Waals surface area contributed by atoms with Crippen molar-refractivity contribution in [2.75, 3.05) is 13.1 Å². The lowest BCUT2D eigenvalue weighted by Crippen LogP contribution is -2.48. The molecule has 0 N–H and O–H groups in total. The molecule has 0 spiro atoms. The standard InChI is InChI=1S/C20H24N2O3/c1-20(2,3)19(25)22-11-7-10-15(13-22)18(24)16(12-21)17(23)14-8-5-4-6-9-14/h4-6,8-9,15-16H,7,10-11,13H2,1-3H3/t15-,16-/m1/s1. The zero-order valence-corrected chi connectivity index (χ0v) is 15.0. The van der Waals surface area contributed by atoms with Crippen LogP contribution in [0.15, 0.2) is 30.3 Å². The summed E-state index contributed by atoms with van der Waals surface area (Å²) in [6.45, 7) is 6.44. The number of amides is 1. The number of likely N-dealkylation sites (tertiary alicyclic amines) is 1. The van der Waals surface area contributed by atoms with Gasteiger partial charge in [0.2, 0.25) is 5.91 Å². The number of ketones is 2. The van der Waals surface area contributed by atoms with Crippen LogP contribution in [-0.2, 0) is 9.59 Å². The molecule has 25 heavy (non-hydrogen) atoms. The van der Waals surface area contributed by atoms with Gasteiger partial charge in [-0.3, -0.25) is 14.4 Å². The summed E-state index contributed by atoms with van der Waals surface area (Å²) in [6.07, 6.45) is 1.31. The normalized spacial score (nSPS) is 19.0. The summed E-state index contributed by atoms with van der Waals surface area (Å²) in [6, 6.07) is 10.3. The van der Waals surface area contributed by atoms with Crippen molar-refractivity contribution in [3.05, 3.63) is 35.9 Å². The predicted octanol–water partition coefficient (Wildman–Crippen LogP) is 2.86. The van der Waals surface area contributed by atoms with Gasteiger partial charge in [0.1, 0.15) is 0 Å². The summed E-state index contributed by atoms with van der Waals surface area (Å²) in [5.74, 6) is -2.61. The van der Waals surface area contributed by atoms with Crippen molar-refractivity contribution >= 4 is 17.5 Å². The zero-order valence-electron chi connectivity index (χ0n) is 15.0. The van der Waals surface area contributed by atoms with Gasteiger partial charge < -0.3 is 4.90 Å². The Labute approximate surface area is 148 Å². The molecule has 1 saturated heterocycles. The van der Waals surface area contributed by atoms with Crippen LogP contribution >= 0.6 is 0 Å². The summed E-state index contributed by atoms with van der Waals surface area (Å²) in [5.41, 5.74) is -0.153. The van der Waals surface area contributed by atoms with Crippen LogP contribution in [-0.4, -0.2) is 35.5 Å². The number of Topliss-reactive ketones (excluding diaryl/α,β-unsaturated/α-hetero) is 2. The van der Waals surface area contributed by atoms with Crippen LogP contribution < -0.4 is 0 Å². The number of benzene rings is 1. The summed E-state index contributed by atoms with van der Waals surface area (Å²) < 4.78 is 0. The molecule has 5 nitrogen and oxygen atoms in total. The molecule has 0 bridgehead atoms. The molecule has 1 aromatic rings. The highest BCUT2D eigenvalue weighted by molar-refractivity contribution is 6.13. The van der Waals surface area contributed by atoms with Crippen LogP contribution in [0.25, 0.3) is 0 Å². The van der Waals surface area contributed by atoms with E-state index in [1.807, 2.05) is 26.8 Å². The zero-order chi connectivity index (χ0) is 18.6. The Hall–Kier alpha value is -2.48. The predicted molar refractivity (Wildman–Crippen MR) is 93.6 cm³/mol. The molecule has 132 valence electrons. The maximum Gasteiger partial charge on any atom is 0.227 e. The third-order valence-electron chi connectivity index (χ3n) is 4.49. The van der Waals surface area contributed by atoms with E-state index in [1.54, 1.807) is 35.2 Å². The van der Waals surface area contributed by atoms with Gasteiger partial charge in [0.05, 0.1) is 6.07 Å². The van der Waals surface area contributed by atoms with Gasteiger partial charge in [0.15, 0.2) is 17.5 Å². The maximum atomic E-state index is 12.8. The van der Waals surface area contributed by atoms with E-state index in [9.17, 15) is 19.6 Å².